The van der Waals surface area contributed by atoms with Crippen LogP contribution in [0.5, 0.6) is 0 Å². The van der Waals surface area contributed by atoms with Crippen LogP contribution in [-0.4, -0.2) is 29.1 Å². The van der Waals surface area contributed by atoms with E-state index in [1.54, 1.807) is 0 Å². The summed E-state index contributed by atoms with van der Waals surface area (Å²) in [5.74, 6) is 0.0272. The van der Waals surface area contributed by atoms with Gasteiger partial charge >= 0.3 is 0 Å². The van der Waals surface area contributed by atoms with E-state index < -0.39 is 20.0 Å². The quantitative estimate of drug-likeness (QED) is 0.555. The van der Waals surface area contributed by atoms with Crippen LogP contribution in [0.1, 0.15) is 18.4 Å². The van der Waals surface area contributed by atoms with Gasteiger partial charge in [0.2, 0.25) is 20.0 Å². The topological polar surface area (TPSA) is 132 Å². The molecule has 1 aromatic carbocycles. The number of nitrogens with one attached hydrogen (secondary N) is 1. The number of hydrogen-bond donors (Lipinski definition) is 3. The van der Waals surface area contributed by atoms with Crippen molar-refractivity contribution in [3.8, 4) is 0 Å². The fourth-order valence-electron chi connectivity index (χ4n) is 1.50. The molecule has 0 amide bonds. The van der Waals surface area contributed by atoms with Gasteiger partial charge in [-0.1, -0.05) is 12.1 Å². The maximum atomic E-state index is 11.6. The Morgan fingerprint density at radius 2 is 1.60 bits per heavy atom. The summed E-state index contributed by atoms with van der Waals surface area (Å²) in [5.41, 5.74) is 5.95. The van der Waals surface area contributed by atoms with Crippen LogP contribution in [-0.2, 0) is 26.6 Å². The molecule has 0 spiro atoms. The zero-order chi connectivity index (χ0) is 15.2. The zero-order valence-electron chi connectivity index (χ0n) is 10.9. The molecule has 20 heavy (non-hydrogen) atoms. The van der Waals surface area contributed by atoms with Crippen LogP contribution < -0.4 is 15.6 Å². The summed E-state index contributed by atoms with van der Waals surface area (Å²) in [6, 6.07) is 5.71. The Morgan fingerprint density at radius 3 is 2.10 bits per heavy atom. The van der Waals surface area contributed by atoms with E-state index in [0.717, 1.165) is 0 Å². The van der Waals surface area contributed by atoms with E-state index in [1.807, 2.05) is 0 Å². The van der Waals surface area contributed by atoms with Crippen LogP contribution in [0, 0.1) is 0 Å². The van der Waals surface area contributed by atoms with E-state index in [9.17, 15) is 16.8 Å². The number of sulfonamides is 2. The molecule has 0 saturated heterocycles. The first-order valence-corrected chi connectivity index (χ1v) is 9.23. The molecular formula is C11H19N3O4S2. The molecule has 0 fully saturated rings. The van der Waals surface area contributed by atoms with Gasteiger partial charge in [0.1, 0.15) is 0 Å². The molecule has 7 nitrogen and oxygen atoms in total. The molecule has 114 valence electrons. The fourth-order valence-corrected chi connectivity index (χ4v) is 3.13. The molecule has 0 atom stereocenters. The molecule has 0 aliphatic heterocycles. The van der Waals surface area contributed by atoms with Crippen LogP contribution in [0.2, 0.25) is 0 Å². The normalized spacial score (nSPS) is 12.5. The van der Waals surface area contributed by atoms with Gasteiger partial charge in [-0.05, 0) is 37.1 Å². The Labute approximate surface area is 119 Å². The first-order valence-electron chi connectivity index (χ1n) is 6.04. The Hall–Kier alpha value is -1.00. The van der Waals surface area contributed by atoms with Crippen molar-refractivity contribution >= 4 is 20.0 Å². The number of rotatable bonds is 8. The van der Waals surface area contributed by atoms with Crippen molar-refractivity contribution in [2.75, 3.05) is 12.3 Å². The fraction of sp³-hybridized carbons (Fsp3) is 0.455. The third-order valence-electron chi connectivity index (χ3n) is 2.62. The summed E-state index contributed by atoms with van der Waals surface area (Å²) >= 11 is 0. The Kier molecular flexibility index (Phi) is 6.08. The van der Waals surface area contributed by atoms with Crippen LogP contribution in [0.3, 0.4) is 0 Å². The largest absolute Gasteiger partial charge is 0.330 e. The van der Waals surface area contributed by atoms with Crippen molar-refractivity contribution in [2.24, 2.45) is 10.9 Å². The van der Waals surface area contributed by atoms with Crippen LogP contribution in [0.4, 0.5) is 0 Å². The second-order valence-corrected chi connectivity index (χ2v) is 7.81. The summed E-state index contributed by atoms with van der Waals surface area (Å²) in [7, 11) is -7.07. The zero-order valence-corrected chi connectivity index (χ0v) is 12.6. The molecule has 0 saturated carbocycles. The second-order valence-electron chi connectivity index (χ2n) is 4.32. The molecule has 1 aromatic rings. The Morgan fingerprint density at radius 1 is 1.00 bits per heavy atom. The van der Waals surface area contributed by atoms with Crippen molar-refractivity contribution < 1.29 is 16.8 Å². The van der Waals surface area contributed by atoms with E-state index in [-0.39, 0.29) is 17.2 Å². The lowest BCUT2D eigenvalue weighted by atomic mass is 10.2. The van der Waals surface area contributed by atoms with Gasteiger partial charge in [0.15, 0.2) is 0 Å². The minimum atomic E-state index is -3.73. The molecule has 0 aromatic heterocycles. The van der Waals surface area contributed by atoms with Crippen molar-refractivity contribution in [3.05, 3.63) is 29.8 Å². The van der Waals surface area contributed by atoms with Crippen LogP contribution in [0.15, 0.2) is 29.2 Å². The van der Waals surface area contributed by atoms with Gasteiger partial charge in [-0.3, -0.25) is 0 Å². The standard InChI is InChI=1S/C11H19N3O4S2/c12-7-1-2-8-19(15,16)14-9-10-3-5-11(6-4-10)20(13,17)18/h3-6,14H,1-2,7-9,12H2,(H2,13,17,18). The molecule has 0 aliphatic carbocycles. The summed E-state index contributed by atoms with van der Waals surface area (Å²) < 4.78 is 47.8. The third kappa shape index (κ3) is 5.97. The maximum Gasteiger partial charge on any atom is 0.238 e. The third-order valence-corrected chi connectivity index (χ3v) is 4.95. The molecule has 0 aliphatic rings. The van der Waals surface area contributed by atoms with E-state index >= 15 is 0 Å². The molecule has 5 N–H and O–H groups in total. The number of hydrogen-bond acceptors (Lipinski definition) is 5. The van der Waals surface area contributed by atoms with Gasteiger partial charge in [0.25, 0.3) is 0 Å². The lowest BCUT2D eigenvalue weighted by Gasteiger charge is -2.07. The minimum Gasteiger partial charge on any atom is -0.330 e. The van der Waals surface area contributed by atoms with E-state index in [2.05, 4.69) is 4.72 Å². The Balaban J connectivity index is 2.58. The average Bonchev–Trinajstić information content (AvgIpc) is 2.36. The highest BCUT2D eigenvalue weighted by Crippen LogP contribution is 2.09. The van der Waals surface area contributed by atoms with E-state index in [1.165, 1.54) is 24.3 Å². The highest BCUT2D eigenvalue weighted by atomic mass is 32.2. The molecule has 0 bridgehead atoms. The van der Waals surface area contributed by atoms with Gasteiger partial charge in [-0.15, -0.1) is 0 Å². The molecule has 0 heterocycles. The number of benzene rings is 1. The first-order chi connectivity index (χ1) is 9.24. The summed E-state index contributed by atoms with van der Waals surface area (Å²) in [4.78, 5) is -0.00736. The summed E-state index contributed by atoms with van der Waals surface area (Å²) in [5, 5.41) is 4.97. The highest BCUT2D eigenvalue weighted by Gasteiger charge is 2.10. The van der Waals surface area contributed by atoms with Crippen molar-refractivity contribution in [2.45, 2.75) is 24.3 Å². The van der Waals surface area contributed by atoms with Crippen LogP contribution in [0.25, 0.3) is 0 Å². The van der Waals surface area contributed by atoms with Gasteiger partial charge < -0.3 is 5.73 Å². The number of nitrogens with two attached hydrogens (primary N) is 2. The van der Waals surface area contributed by atoms with Gasteiger partial charge in [0.05, 0.1) is 10.6 Å². The lowest BCUT2D eigenvalue weighted by Crippen LogP contribution is -2.26. The van der Waals surface area contributed by atoms with Gasteiger partial charge in [-0.2, -0.15) is 0 Å². The number of primary sulfonamides is 1. The molecule has 9 heteroatoms. The SMILES string of the molecule is NCCCCS(=O)(=O)NCc1ccc(S(N)(=O)=O)cc1. The van der Waals surface area contributed by atoms with Gasteiger partial charge in [-0.25, -0.2) is 26.7 Å². The van der Waals surface area contributed by atoms with Gasteiger partial charge in [0, 0.05) is 6.54 Å². The van der Waals surface area contributed by atoms with E-state index in [4.69, 9.17) is 10.9 Å². The van der Waals surface area contributed by atoms with E-state index in [0.29, 0.717) is 24.9 Å². The maximum absolute atomic E-state index is 11.6. The first kappa shape index (κ1) is 17.1. The van der Waals surface area contributed by atoms with Crippen molar-refractivity contribution in [1.82, 2.24) is 4.72 Å². The Bertz CT molecular complexity index is 624. The monoisotopic (exact) mass is 321 g/mol. The second kappa shape index (κ2) is 7.14. The molecule has 0 radical (unpaired) electrons. The predicted molar refractivity (Wildman–Crippen MR) is 76.7 cm³/mol. The molecular weight excluding hydrogens is 302 g/mol. The molecule has 1 rings (SSSR count). The average molecular weight is 321 g/mol. The number of unbranched alkanes of at least 4 members (excludes halogenated alkanes) is 1. The molecule has 0 unspecified atom stereocenters. The smallest absolute Gasteiger partial charge is 0.238 e. The minimum absolute atomic E-state index is 0.00736. The summed E-state index contributed by atoms with van der Waals surface area (Å²) in [6.07, 6.45) is 1.17. The van der Waals surface area contributed by atoms with Crippen LogP contribution >= 0.6 is 0 Å². The van der Waals surface area contributed by atoms with Crippen molar-refractivity contribution in [1.29, 1.82) is 0 Å². The summed E-state index contributed by atoms with van der Waals surface area (Å²) in [6.45, 7) is 0.570. The van der Waals surface area contributed by atoms with Crippen molar-refractivity contribution in [3.63, 3.8) is 0 Å². The lowest BCUT2D eigenvalue weighted by molar-refractivity contribution is 0.577. The predicted octanol–water partition coefficient (Wildman–Crippen LogP) is -0.508. The highest BCUT2D eigenvalue weighted by molar-refractivity contribution is 7.89.